The van der Waals surface area contributed by atoms with Gasteiger partial charge in [-0.15, -0.1) is 0 Å². The van der Waals surface area contributed by atoms with Crippen molar-refractivity contribution in [1.82, 2.24) is 5.32 Å². The number of carbonyl (C=O) groups excluding carboxylic acids is 2. The van der Waals surface area contributed by atoms with Crippen LogP contribution in [0.15, 0.2) is 18.2 Å². The molecule has 0 bridgehead atoms. The first kappa shape index (κ1) is 12.8. The van der Waals surface area contributed by atoms with E-state index in [0.29, 0.717) is 6.07 Å². The maximum absolute atomic E-state index is 12.8. The summed E-state index contributed by atoms with van der Waals surface area (Å²) in [6.07, 6.45) is 0. The Labute approximate surface area is 95.6 Å². The van der Waals surface area contributed by atoms with E-state index in [4.69, 9.17) is 0 Å². The highest BCUT2D eigenvalue weighted by Crippen LogP contribution is 2.19. The Kier molecular flexibility index (Phi) is 3.86. The van der Waals surface area contributed by atoms with Crippen LogP contribution in [0.4, 0.5) is 10.1 Å². The molecule has 0 aromatic heterocycles. The standard InChI is InChI=1S/C10H9FN2O4/c1-6(14)5-12-10(15)8-3-2-7(11)4-9(8)13(16)17/h2-4H,5H2,1H3,(H,12,15). The molecule has 0 heterocycles. The molecule has 0 fully saturated rings. The van der Waals surface area contributed by atoms with Crippen LogP contribution in [0.5, 0.6) is 0 Å². The first-order chi connectivity index (χ1) is 7.91. The normalized spacial score (nSPS) is 9.76. The number of benzene rings is 1. The summed E-state index contributed by atoms with van der Waals surface area (Å²) in [5.74, 6) is -1.88. The topological polar surface area (TPSA) is 89.3 Å². The highest BCUT2D eigenvalue weighted by atomic mass is 19.1. The van der Waals surface area contributed by atoms with Gasteiger partial charge in [-0.1, -0.05) is 0 Å². The predicted molar refractivity (Wildman–Crippen MR) is 56.1 cm³/mol. The fourth-order valence-electron chi connectivity index (χ4n) is 1.15. The Morgan fingerprint density at radius 1 is 1.47 bits per heavy atom. The number of amides is 1. The Bertz CT molecular complexity index is 487. The summed E-state index contributed by atoms with van der Waals surface area (Å²) in [5.41, 5.74) is -0.913. The van der Waals surface area contributed by atoms with Gasteiger partial charge in [0.25, 0.3) is 11.6 Å². The number of carbonyl (C=O) groups is 2. The Morgan fingerprint density at radius 3 is 2.65 bits per heavy atom. The lowest BCUT2D eigenvalue weighted by atomic mass is 10.1. The molecule has 6 nitrogen and oxygen atoms in total. The molecule has 1 N–H and O–H groups in total. The number of ketones is 1. The van der Waals surface area contributed by atoms with Gasteiger partial charge in [0, 0.05) is 0 Å². The van der Waals surface area contributed by atoms with Crippen molar-refractivity contribution in [3.8, 4) is 0 Å². The SMILES string of the molecule is CC(=O)CNC(=O)c1ccc(F)cc1[N+](=O)[O-]. The minimum atomic E-state index is -0.855. The van der Waals surface area contributed by atoms with Gasteiger partial charge in [0.1, 0.15) is 17.2 Å². The zero-order valence-electron chi connectivity index (χ0n) is 8.90. The monoisotopic (exact) mass is 240 g/mol. The molecule has 1 amide bonds. The number of nitro benzene ring substituents is 1. The van der Waals surface area contributed by atoms with Crippen LogP contribution in [-0.2, 0) is 4.79 Å². The van der Waals surface area contributed by atoms with Gasteiger partial charge < -0.3 is 5.32 Å². The van der Waals surface area contributed by atoms with Crippen molar-refractivity contribution in [2.75, 3.05) is 6.54 Å². The smallest absolute Gasteiger partial charge is 0.285 e. The molecular formula is C10H9FN2O4. The fourth-order valence-corrected chi connectivity index (χ4v) is 1.15. The van der Waals surface area contributed by atoms with E-state index in [9.17, 15) is 24.1 Å². The molecule has 90 valence electrons. The van der Waals surface area contributed by atoms with Crippen LogP contribution in [-0.4, -0.2) is 23.2 Å². The molecule has 0 unspecified atom stereocenters. The Hall–Kier alpha value is -2.31. The minimum absolute atomic E-state index is 0.229. The molecule has 0 aliphatic rings. The van der Waals surface area contributed by atoms with Crippen molar-refractivity contribution < 1.29 is 18.9 Å². The lowest BCUT2D eigenvalue weighted by Crippen LogP contribution is -2.28. The highest BCUT2D eigenvalue weighted by molar-refractivity contribution is 5.99. The number of nitrogens with one attached hydrogen (secondary N) is 1. The van der Waals surface area contributed by atoms with Crippen LogP contribution >= 0.6 is 0 Å². The summed E-state index contributed by atoms with van der Waals surface area (Å²) < 4.78 is 12.8. The zero-order valence-corrected chi connectivity index (χ0v) is 8.90. The zero-order chi connectivity index (χ0) is 13.0. The van der Waals surface area contributed by atoms with Crippen LogP contribution in [0.3, 0.4) is 0 Å². The summed E-state index contributed by atoms with van der Waals surface area (Å²) >= 11 is 0. The Morgan fingerprint density at radius 2 is 2.12 bits per heavy atom. The van der Waals surface area contributed by atoms with Crippen LogP contribution in [0.25, 0.3) is 0 Å². The minimum Gasteiger partial charge on any atom is -0.345 e. The molecule has 0 saturated carbocycles. The van der Waals surface area contributed by atoms with Gasteiger partial charge in [-0.25, -0.2) is 4.39 Å². The molecule has 1 aromatic carbocycles. The summed E-state index contributed by atoms with van der Waals surface area (Å²) in [5, 5.41) is 12.8. The van der Waals surface area contributed by atoms with E-state index in [1.54, 1.807) is 0 Å². The van der Waals surface area contributed by atoms with Gasteiger partial charge in [-0.3, -0.25) is 19.7 Å². The average molecular weight is 240 g/mol. The summed E-state index contributed by atoms with van der Waals surface area (Å²) in [7, 11) is 0. The fraction of sp³-hybridized carbons (Fsp3) is 0.200. The molecule has 17 heavy (non-hydrogen) atoms. The number of halogens is 1. The van der Waals surface area contributed by atoms with E-state index in [2.05, 4.69) is 5.32 Å². The molecule has 1 aromatic rings. The second kappa shape index (κ2) is 5.15. The molecule has 0 aliphatic heterocycles. The third-order valence-corrected chi connectivity index (χ3v) is 1.90. The highest BCUT2D eigenvalue weighted by Gasteiger charge is 2.20. The second-order valence-corrected chi connectivity index (χ2v) is 3.30. The van der Waals surface area contributed by atoms with E-state index < -0.39 is 22.3 Å². The van der Waals surface area contributed by atoms with Crippen molar-refractivity contribution >= 4 is 17.4 Å². The maximum atomic E-state index is 12.8. The second-order valence-electron chi connectivity index (χ2n) is 3.30. The van der Waals surface area contributed by atoms with Crippen molar-refractivity contribution in [3.63, 3.8) is 0 Å². The lowest BCUT2D eigenvalue weighted by Gasteiger charge is -2.03. The number of nitro groups is 1. The van der Waals surface area contributed by atoms with Gasteiger partial charge in [-0.05, 0) is 19.1 Å². The molecule has 0 spiro atoms. The van der Waals surface area contributed by atoms with E-state index in [-0.39, 0.29) is 17.9 Å². The largest absolute Gasteiger partial charge is 0.345 e. The summed E-state index contributed by atoms with van der Waals surface area (Å²) in [4.78, 5) is 31.9. The molecule has 0 aliphatic carbocycles. The number of nitrogens with zero attached hydrogens (tertiary/aromatic N) is 1. The van der Waals surface area contributed by atoms with Gasteiger partial charge in [0.15, 0.2) is 0 Å². The summed E-state index contributed by atoms with van der Waals surface area (Å²) in [6.45, 7) is 1.03. The van der Waals surface area contributed by atoms with Crippen LogP contribution in [0.2, 0.25) is 0 Å². The van der Waals surface area contributed by atoms with Crippen LogP contribution in [0, 0.1) is 15.9 Å². The van der Waals surface area contributed by atoms with Crippen molar-refractivity contribution in [1.29, 1.82) is 0 Å². The first-order valence-corrected chi connectivity index (χ1v) is 4.63. The van der Waals surface area contributed by atoms with E-state index in [1.165, 1.54) is 6.92 Å². The van der Waals surface area contributed by atoms with Crippen molar-refractivity contribution in [2.45, 2.75) is 6.92 Å². The molecular weight excluding hydrogens is 231 g/mol. The van der Waals surface area contributed by atoms with Gasteiger partial charge in [0.2, 0.25) is 0 Å². The molecule has 7 heteroatoms. The maximum Gasteiger partial charge on any atom is 0.285 e. The molecule has 0 radical (unpaired) electrons. The predicted octanol–water partition coefficient (Wildman–Crippen LogP) is 1.05. The lowest BCUT2D eigenvalue weighted by molar-refractivity contribution is -0.385. The van der Waals surface area contributed by atoms with E-state index >= 15 is 0 Å². The van der Waals surface area contributed by atoms with E-state index in [0.717, 1.165) is 12.1 Å². The number of rotatable bonds is 4. The third kappa shape index (κ3) is 3.33. The van der Waals surface area contributed by atoms with Crippen LogP contribution < -0.4 is 5.32 Å². The first-order valence-electron chi connectivity index (χ1n) is 4.63. The molecule has 0 saturated heterocycles. The van der Waals surface area contributed by atoms with Gasteiger partial charge in [0.05, 0.1) is 17.5 Å². The summed E-state index contributed by atoms with van der Waals surface area (Å²) in [6, 6.07) is 2.60. The third-order valence-electron chi connectivity index (χ3n) is 1.90. The Balaban J connectivity index is 3.00. The van der Waals surface area contributed by atoms with Gasteiger partial charge in [-0.2, -0.15) is 0 Å². The van der Waals surface area contributed by atoms with Crippen LogP contribution in [0.1, 0.15) is 17.3 Å². The number of hydrogen-bond donors (Lipinski definition) is 1. The molecule has 0 atom stereocenters. The average Bonchev–Trinajstić information content (AvgIpc) is 2.25. The van der Waals surface area contributed by atoms with Crippen molar-refractivity contribution in [3.05, 3.63) is 39.7 Å². The number of Topliss-reactive ketones (excluding diaryl/α,β-unsaturated/α-hetero) is 1. The van der Waals surface area contributed by atoms with E-state index in [1.807, 2.05) is 0 Å². The number of hydrogen-bond acceptors (Lipinski definition) is 4. The molecule has 1 rings (SSSR count). The quantitative estimate of drug-likeness (QED) is 0.629. The van der Waals surface area contributed by atoms with Gasteiger partial charge >= 0.3 is 0 Å². The van der Waals surface area contributed by atoms with Crippen molar-refractivity contribution in [2.24, 2.45) is 0 Å².